The van der Waals surface area contributed by atoms with Gasteiger partial charge in [0, 0.05) is 6.20 Å². The SMILES string of the molecule is COc1cccnc1C(C=O)C=O. The van der Waals surface area contributed by atoms with Crippen molar-refractivity contribution in [1.29, 1.82) is 0 Å². The van der Waals surface area contributed by atoms with Crippen LogP contribution in [0.25, 0.3) is 0 Å². The first-order valence-electron chi connectivity index (χ1n) is 3.73. The van der Waals surface area contributed by atoms with E-state index in [-0.39, 0.29) is 0 Å². The molecule has 0 amide bonds. The molecule has 0 aliphatic carbocycles. The maximum atomic E-state index is 10.5. The van der Waals surface area contributed by atoms with E-state index in [1.807, 2.05) is 0 Å². The molecule has 4 heteroatoms. The van der Waals surface area contributed by atoms with E-state index in [0.29, 0.717) is 24.0 Å². The van der Waals surface area contributed by atoms with E-state index < -0.39 is 5.92 Å². The first-order chi connectivity index (χ1) is 6.33. The molecule has 1 heterocycles. The van der Waals surface area contributed by atoms with E-state index in [2.05, 4.69) is 4.98 Å². The second kappa shape index (κ2) is 4.35. The summed E-state index contributed by atoms with van der Waals surface area (Å²) in [5.74, 6) is -0.386. The first-order valence-corrected chi connectivity index (χ1v) is 3.73. The Kier molecular flexibility index (Phi) is 3.14. The summed E-state index contributed by atoms with van der Waals surface area (Å²) in [6.45, 7) is 0. The predicted octanol–water partition coefficient (Wildman–Crippen LogP) is 0.572. The van der Waals surface area contributed by atoms with Gasteiger partial charge >= 0.3 is 0 Å². The van der Waals surface area contributed by atoms with E-state index in [4.69, 9.17) is 4.74 Å². The average molecular weight is 179 g/mol. The van der Waals surface area contributed by atoms with Crippen LogP contribution >= 0.6 is 0 Å². The standard InChI is InChI=1S/C9H9NO3/c1-13-8-3-2-4-10-9(8)7(5-11)6-12/h2-7H,1H3. The summed E-state index contributed by atoms with van der Waals surface area (Å²) in [5.41, 5.74) is 0.356. The van der Waals surface area contributed by atoms with Gasteiger partial charge in [-0.05, 0) is 12.1 Å². The average Bonchev–Trinajstić information content (AvgIpc) is 2.20. The molecule has 0 bridgehead atoms. The lowest BCUT2D eigenvalue weighted by Gasteiger charge is -2.07. The Morgan fingerprint density at radius 3 is 2.69 bits per heavy atom. The molecule has 0 N–H and O–H groups in total. The largest absolute Gasteiger partial charge is 0.495 e. The van der Waals surface area contributed by atoms with Crippen molar-refractivity contribution in [2.24, 2.45) is 0 Å². The second-order valence-electron chi connectivity index (χ2n) is 2.39. The Labute approximate surface area is 75.5 Å². The molecule has 1 aromatic heterocycles. The molecule has 0 spiro atoms. The van der Waals surface area contributed by atoms with Crippen molar-refractivity contribution in [3.05, 3.63) is 24.0 Å². The second-order valence-corrected chi connectivity index (χ2v) is 2.39. The Hall–Kier alpha value is -1.71. The summed E-state index contributed by atoms with van der Waals surface area (Å²) in [5, 5.41) is 0. The van der Waals surface area contributed by atoms with Gasteiger partial charge < -0.3 is 14.3 Å². The van der Waals surface area contributed by atoms with Crippen LogP contribution in [0.15, 0.2) is 18.3 Å². The van der Waals surface area contributed by atoms with Crippen molar-refractivity contribution in [1.82, 2.24) is 4.98 Å². The number of aromatic nitrogens is 1. The Morgan fingerprint density at radius 2 is 2.15 bits per heavy atom. The number of ether oxygens (including phenoxy) is 1. The molecule has 0 atom stereocenters. The highest BCUT2D eigenvalue weighted by molar-refractivity contribution is 5.85. The molecule has 4 nitrogen and oxygen atoms in total. The number of aldehydes is 2. The monoisotopic (exact) mass is 179 g/mol. The van der Waals surface area contributed by atoms with Gasteiger partial charge in [-0.2, -0.15) is 0 Å². The third-order valence-electron chi connectivity index (χ3n) is 1.63. The van der Waals surface area contributed by atoms with Crippen molar-refractivity contribution >= 4 is 12.6 Å². The molecule has 0 aliphatic rings. The van der Waals surface area contributed by atoms with Gasteiger partial charge in [-0.1, -0.05) is 0 Å². The number of pyridine rings is 1. The van der Waals surface area contributed by atoms with Gasteiger partial charge in [-0.3, -0.25) is 4.98 Å². The van der Waals surface area contributed by atoms with Crippen molar-refractivity contribution in [2.75, 3.05) is 7.11 Å². The maximum Gasteiger partial charge on any atom is 0.141 e. The fourth-order valence-electron chi connectivity index (χ4n) is 0.987. The fourth-order valence-corrected chi connectivity index (χ4v) is 0.987. The Morgan fingerprint density at radius 1 is 1.46 bits per heavy atom. The van der Waals surface area contributed by atoms with Crippen LogP contribution in [0.5, 0.6) is 5.75 Å². The number of methoxy groups -OCH3 is 1. The molecule has 0 aliphatic heterocycles. The summed E-state index contributed by atoms with van der Waals surface area (Å²) in [7, 11) is 1.47. The van der Waals surface area contributed by atoms with Gasteiger partial charge in [-0.25, -0.2) is 0 Å². The van der Waals surface area contributed by atoms with E-state index >= 15 is 0 Å². The summed E-state index contributed by atoms with van der Waals surface area (Å²) in [6, 6.07) is 3.33. The minimum atomic E-state index is -0.837. The van der Waals surface area contributed by atoms with Crippen LogP contribution in [0.4, 0.5) is 0 Å². The maximum absolute atomic E-state index is 10.5. The molecule has 0 radical (unpaired) electrons. The lowest BCUT2D eigenvalue weighted by atomic mass is 10.1. The van der Waals surface area contributed by atoms with Gasteiger partial charge in [0.25, 0.3) is 0 Å². The number of hydrogen-bond donors (Lipinski definition) is 0. The van der Waals surface area contributed by atoms with Crippen molar-refractivity contribution in [3.63, 3.8) is 0 Å². The van der Waals surface area contributed by atoms with Gasteiger partial charge in [0.05, 0.1) is 12.8 Å². The van der Waals surface area contributed by atoms with Gasteiger partial charge in [0.1, 0.15) is 24.2 Å². The molecular weight excluding hydrogens is 170 g/mol. The number of rotatable bonds is 4. The molecule has 0 unspecified atom stereocenters. The number of carbonyl (C=O) groups is 2. The summed E-state index contributed by atoms with van der Waals surface area (Å²) in [4.78, 5) is 24.9. The van der Waals surface area contributed by atoms with Gasteiger partial charge in [0.15, 0.2) is 0 Å². The highest BCUT2D eigenvalue weighted by Crippen LogP contribution is 2.20. The van der Waals surface area contributed by atoms with E-state index in [1.165, 1.54) is 13.3 Å². The van der Waals surface area contributed by atoms with Crippen LogP contribution in [0.1, 0.15) is 11.6 Å². The highest BCUT2D eigenvalue weighted by atomic mass is 16.5. The Balaban J connectivity index is 3.10. The van der Waals surface area contributed by atoms with Crippen molar-refractivity contribution in [2.45, 2.75) is 5.92 Å². The number of carbonyl (C=O) groups excluding carboxylic acids is 2. The molecular formula is C9H9NO3. The first kappa shape index (κ1) is 9.38. The predicted molar refractivity (Wildman–Crippen MR) is 45.7 cm³/mol. The van der Waals surface area contributed by atoms with Crippen LogP contribution in [0, 0.1) is 0 Å². The van der Waals surface area contributed by atoms with Crippen LogP contribution in [-0.2, 0) is 9.59 Å². The summed E-state index contributed by atoms with van der Waals surface area (Å²) < 4.78 is 4.95. The normalized spacial score (nSPS) is 9.69. The quantitative estimate of drug-likeness (QED) is 0.501. The highest BCUT2D eigenvalue weighted by Gasteiger charge is 2.15. The molecule has 0 saturated carbocycles. The van der Waals surface area contributed by atoms with E-state index in [0.717, 1.165) is 0 Å². The summed E-state index contributed by atoms with van der Waals surface area (Å²) in [6.07, 6.45) is 2.59. The van der Waals surface area contributed by atoms with Gasteiger partial charge in [0.2, 0.25) is 0 Å². The minimum Gasteiger partial charge on any atom is -0.495 e. The number of nitrogens with zero attached hydrogens (tertiary/aromatic N) is 1. The zero-order chi connectivity index (χ0) is 9.68. The van der Waals surface area contributed by atoms with Crippen LogP contribution in [-0.4, -0.2) is 24.7 Å². The smallest absolute Gasteiger partial charge is 0.141 e. The Bertz CT molecular complexity index is 303. The minimum absolute atomic E-state index is 0.356. The lowest BCUT2D eigenvalue weighted by molar-refractivity contribution is -0.116. The zero-order valence-electron chi connectivity index (χ0n) is 7.14. The molecule has 1 rings (SSSR count). The van der Waals surface area contributed by atoms with E-state index in [9.17, 15) is 9.59 Å². The molecule has 0 aromatic carbocycles. The zero-order valence-corrected chi connectivity index (χ0v) is 7.14. The molecule has 0 fully saturated rings. The number of hydrogen-bond acceptors (Lipinski definition) is 4. The lowest BCUT2D eigenvalue weighted by Crippen LogP contribution is -2.06. The molecule has 68 valence electrons. The van der Waals surface area contributed by atoms with Gasteiger partial charge in [-0.15, -0.1) is 0 Å². The third-order valence-corrected chi connectivity index (χ3v) is 1.63. The van der Waals surface area contributed by atoms with Crippen molar-refractivity contribution < 1.29 is 14.3 Å². The van der Waals surface area contributed by atoms with Crippen LogP contribution < -0.4 is 4.74 Å². The molecule has 13 heavy (non-hydrogen) atoms. The topological polar surface area (TPSA) is 56.3 Å². The van der Waals surface area contributed by atoms with E-state index in [1.54, 1.807) is 12.1 Å². The van der Waals surface area contributed by atoms with Crippen LogP contribution in [0.3, 0.4) is 0 Å². The third kappa shape index (κ3) is 1.90. The summed E-state index contributed by atoms with van der Waals surface area (Å²) >= 11 is 0. The van der Waals surface area contributed by atoms with Crippen molar-refractivity contribution in [3.8, 4) is 5.75 Å². The molecule has 0 saturated heterocycles. The fraction of sp³-hybridized carbons (Fsp3) is 0.222. The van der Waals surface area contributed by atoms with Crippen LogP contribution in [0.2, 0.25) is 0 Å². The molecule has 1 aromatic rings.